The monoisotopic (exact) mass is 218 g/mol. The Morgan fingerprint density at radius 3 is 2.43 bits per heavy atom. The van der Waals surface area contributed by atoms with Crippen LogP contribution in [0.25, 0.3) is 0 Å². The van der Waals surface area contributed by atoms with Gasteiger partial charge in [0.1, 0.15) is 0 Å². The van der Waals surface area contributed by atoms with Gasteiger partial charge in [0.25, 0.3) is 0 Å². The van der Waals surface area contributed by atoms with Crippen molar-refractivity contribution in [1.82, 2.24) is 10.2 Å². The lowest BCUT2D eigenvalue weighted by Crippen LogP contribution is -2.33. The van der Waals surface area contributed by atoms with Crippen LogP contribution in [0.3, 0.4) is 0 Å². The second kappa shape index (κ2) is 9.81. The van der Waals surface area contributed by atoms with Crippen molar-refractivity contribution in [1.29, 1.82) is 0 Å². The van der Waals surface area contributed by atoms with Crippen molar-refractivity contribution in [3.05, 3.63) is 0 Å². The van der Waals surface area contributed by atoms with E-state index in [4.69, 9.17) is 0 Å². The molecule has 0 rings (SSSR count). The summed E-state index contributed by atoms with van der Waals surface area (Å²) in [6.07, 6.45) is 2.17. The number of nitrogens with one attached hydrogen (secondary N) is 1. The van der Waals surface area contributed by atoms with E-state index in [-0.39, 0.29) is 0 Å². The third-order valence-electron chi connectivity index (χ3n) is 2.44. The van der Waals surface area contributed by atoms with Crippen molar-refractivity contribution in [2.24, 2.45) is 5.92 Å². The molecule has 0 saturated carbocycles. The van der Waals surface area contributed by atoms with Gasteiger partial charge in [-0.2, -0.15) is 11.8 Å². The molecule has 0 spiro atoms. The number of likely N-dealkylation sites (N-methyl/N-ethyl adjacent to an activating group) is 1. The van der Waals surface area contributed by atoms with Gasteiger partial charge in [-0.15, -0.1) is 0 Å². The average Bonchev–Trinajstić information content (AvgIpc) is 2.19. The van der Waals surface area contributed by atoms with E-state index in [9.17, 15) is 0 Å². The largest absolute Gasteiger partial charge is 0.315 e. The van der Waals surface area contributed by atoms with Gasteiger partial charge in [-0.05, 0) is 37.6 Å². The molecule has 0 radical (unpaired) electrons. The van der Waals surface area contributed by atoms with Gasteiger partial charge in [0, 0.05) is 13.1 Å². The van der Waals surface area contributed by atoms with Gasteiger partial charge >= 0.3 is 0 Å². The molecule has 0 aromatic heterocycles. The van der Waals surface area contributed by atoms with Crippen LogP contribution in [0.5, 0.6) is 0 Å². The van der Waals surface area contributed by atoms with Crippen molar-refractivity contribution < 1.29 is 0 Å². The molecule has 0 aromatic rings. The maximum absolute atomic E-state index is 3.51. The highest BCUT2D eigenvalue weighted by molar-refractivity contribution is 7.98. The highest BCUT2D eigenvalue weighted by Gasteiger charge is 2.01. The lowest BCUT2D eigenvalue weighted by atomic mass is 10.2. The Labute approximate surface area is 93.8 Å². The highest BCUT2D eigenvalue weighted by Crippen LogP contribution is 2.02. The smallest absolute Gasteiger partial charge is 0.0107 e. The van der Waals surface area contributed by atoms with E-state index in [1.54, 1.807) is 0 Å². The van der Waals surface area contributed by atoms with Gasteiger partial charge in [-0.25, -0.2) is 0 Å². The summed E-state index contributed by atoms with van der Waals surface area (Å²) in [5.74, 6) is 2.06. The second-order valence-electron chi connectivity index (χ2n) is 3.79. The summed E-state index contributed by atoms with van der Waals surface area (Å²) >= 11 is 1.93. The predicted molar refractivity (Wildman–Crippen MR) is 68.2 cm³/mol. The van der Waals surface area contributed by atoms with Crippen LogP contribution in [0, 0.1) is 5.92 Å². The third kappa shape index (κ3) is 7.65. The van der Waals surface area contributed by atoms with Crippen LogP contribution in [-0.4, -0.2) is 49.6 Å². The van der Waals surface area contributed by atoms with Crippen LogP contribution in [0.1, 0.15) is 20.8 Å². The molecule has 1 atom stereocenters. The SMILES string of the molecule is CCN(CC)CCNCC(C)CSC. The summed E-state index contributed by atoms with van der Waals surface area (Å²) < 4.78 is 0. The van der Waals surface area contributed by atoms with Gasteiger partial charge in [0.2, 0.25) is 0 Å². The quantitative estimate of drug-likeness (QED) is 0.595. The van der Waals surface area contributed by atoms with Gasteiger partial charge in [0.15, 0.2) is 0 Å². The summed E-state index contributed by atoms with van der Waals surface area (Å²) in [6.45, 7) is 12.5. The van der Waals surface area contributed by atoms with Gasteiger partial charge < -0.3 is 10.2 Å². The molecule has 0 aliphatic heterocycles. The number of thioether (sulfide) groups is 1. The molecular weight excluding hydrogens is 192 g/mol. The molecular formula is C11H26N2S. The zero-order valence-electron chi connectivity index (χ0n) is 10.2. The third-order valence-corrected chi connectivity index (χ3v) is 3.35. The lowest BCUT2D eigenvalue weighted by Gasteiger charge is -2.19. The first kappa shape index (κ1) is 14.3. The molecule has 86 valence electrons. The van der Waals surface area contributed by atoms with E-state index < -0.39 is 0 Å². The Morgan fingerprint density at radius 1 is 1.29 bits per heavy atom. The topological polar surface area (TPSA) is 15.3 Å². The fourth-order valence-corrected chi connectivity index (χ4v) is 2.16. The second-order valence-corrected chi connectivity index (χ2v) is 4.70. The van der Waals surface area contributed by atoms with Crippen molar-refractivity contribution in [3.8, 4) is 0 Å². The first-order chi connectivity index (χ1) is 6.74. The van der Waals surface area contributed by atoms with Crippen LogP contribution in [0.2, 0.25) is 0 Å². The summed E-state index contributed by atoms with van der Waals surface area (Å²) in [7, 11) is 0. The highest BCUT2D eigenvalue weighted by atomic mass is 32.2. The first-order valence-electron chi connectivity index (χ1n) is 5.66. The minimum atomic E-state index is 0.793. The van der Waals surface area contributed by atoms with E-state index in [2.05, 4.69) is 37.2 Å². The normalized spacial score (nSPS) is 13.5. The maximum Gasteiger partial charge on any atom is 0.0107 e. The van der Waals surface area contributed by atoms with E-state index in [0.29, 0.717) is 0 Å². The van der Waals surface area contributed by atoms with Crippen LogP contribution in [-0.2, 0) is 0 Å². The molecule has 3 heteroatoms. The molecule has 2 nitrogen and oxygen atoms in total. The molecule has 1 unspecified atom stereocenters. The van der Waals surface area contributed by atoms with E-state index in [0.717, 1.165) is 19.0 Å². The van der Waals surface area contributed by atoms with Crippen LogP contribution >= 0.6 is 11.8 Å². The summed E-state index contributed by atoms with van der Waals surface area (Å²) in [5.41, 5.74) is 0. The van der Waals surface area contributed by atoms with Crippen molar-refractivity contribution in [2.75, 3.05) is 44.7 Å². The number of nitrogens with zero attached hydrogens (tertiary/aromatic N) is 1. The van der Waals surface area contributed by atoms with E-state index >= 15 is 0 Å². The molecule has 14 heavy (non-hydrogen) atoms. The van der Waals surface area contributed by atoms with Crippen molar-refractivity contribution in [3.63, 3.8) is 0 Å². The standard InChI is InChI=1S/C11H26N2S/c1-5-13(6-2)8-7-12-9-11(3)10-14-4/h11-12H,5-10H2,1-4H3. The minimum Gasteiger partial charge on any atom is -0.315 e. The summed E-state index contributed by atoms with van der Waals surface area (Å²) in [4.78, 5) is 2.45. The van der Waals surface area contributed by atoms with Crippen molar-refractivity contribution >= 4 is 11.8 Å². The molecule has 1 N–H and O–H groups in total. The van der Waals surface area contributed by atoms with Gasteiger partial charge in [-0.1, -0.05) is 20.8 Å². The van der Waals surface area contributed by atoms with Gasteiger partial charge in [-0.3, -0.25) is 0 Å². The number of hydrogen-bond acceptors (Lipinski definition) is 3. The Morgan fingerprint density at radius 2 is 1.93 bits per heavy atom. The summed E-state index contributed by atoms with van der Waals surface area (Å²) in [5, 5.41) is 3.51. The van der Waals surface area contributed by atoms with Gasteiger partial charge in [0.05, 0.1) is 0 Å². The van der Waals surface area contributed by atoms with Crippen molar-refractivity contribution in [2.45, 2.75) is 20.8 Å². The molecule has 0 aromatic carbocycles. The number of rotatable bonds is 9. The molecule has 0 aliphatic carbocycles. The van der Waals surface area contributed by atoms with Crippen LogP contribution in [0.15, 0.2) is 0 Å². The zero-order valence-corrected chi connectivity index (χ0v) is 11.0. The fourth-order valence-electron chi connectivity index (χ4n) is 1.47. The fraction of sp³-hybridized carbons (Fsp3) is 1.00. The Bertz CT molecular complexity index is 116. The van der Waals surface area contributed by atoms with E-state index in [1.165, 1.54) is 25.4 Å². The average molecular weight is 218 g/mol. The molecule has 0 heterocycles. The first-order valence-corrected chi connectivity index (χ1v) is 7.05. The maximum atomic E-state index is 3.51. The lowest BCUT2D eigenvalue weighted by molar-refractivity contribution is 0.300. The Hall–Kier alpha value is 0.270. The minimum absolute atomic E-state index is 0.793. The molecule has 0 bridgehead atoms. The number of hydrogen-bond donors (Lipinski definition) is 1. The molecule has 0 saturated heterocycles. The predicted octanol–water partition coefficient (Wildman–Crippen LogP) is 1.92. The van der Waals surface area contributed by atoms with E-state index in [1.807, 2.05) is 11.8 Å². The van der Waals surface area contributed by atoms with Crippen LogP contribution < -0.4 is 5.32 Å². The molecule has 0 fully saturated rings. The molecule has 0 amide bonds. The molecule has 0 aliphatic rings. The Balaban J connectivity index is 3.27. The zero-order chi connectivity index (χ0) is 10.8. The summed E-state index contributed by atoms with van der Waals surface area (Å²) in [6, 6.07) is 0. The van der Waals surface area contributed by atoms with Crippen LogP contribution in [0.4, 0.5) is 0 Å². The Kier molecular flexibility index (Phi) is 10.0.